The van der Waals surface area contributed by atoms with Crippen LogP contribution in [0.15, 0.2) is 53.4 Å². The van der Waals surface area contributed by atoms with Gasteiger partial charge in [0.2, 0.25) is 16.8 Å². The summed E-state index contributed by atoms with van der Waals surface area (Å²) in [6.45, 7) is 5.43. The van der Waals surface area contributed by atoms with Gasteiger partial charge in [-0.25, -0.2) is 18.0 Å². The molecule has 4 aliphatic rings. The van der Waals surface area contributed by atoms with Gasteiger partial charge in [0.25, 0.3) is 0 Å². The monoisotopic (exact) mass is 777 g/mol. The van der Waals surface area contributed by atoms with Gasteiger partial charge in [-0.1, -0.05) is 50.6 Å². The molecule has 0 unspecified atom stereocenters. The maximum absolute atomic E-state index is 14.4. The molecule has 3 saturated heterocycles. The third-order valence-electron chi connectivity index (χ3n) is 9.88. The molecule has 17 heteroatoms. The van der Waals surface area contributed by atoms with E-state index in [-0.39, 0.29) is 63.7 Å². The minimum Gasteiger partial charge on any atom is -0.454 e. The summed E-state index contributed by atoms with van der Waals surface area (Å²) in [5.74, 6) is 0.671. The molecular formula is C37H51N3O13S. The van der Waals surface area contributed by atoms with Crippen LogP contribution in [0.2, 0.25) is 0 Å². The van der Waals surface area contributed by atoms with Gasteiger partial charge in [-0.15, -0.1) is 0 Å². The summed E-state index contributed by atoms with van der Waals surface area (Å²) in [4.78, 5) is 25.5. The van der Waals surface area contributed by atoms with Crippen LogP contribution in [0, 0.1) is 11.3 Å². The van der Waals surface area contributed by atoms with Crippen LogP contribution < -0.4 is 20.1 Å². The lowest BCUT2D eigenvalue weighted by atomic mass is 9.87. The summed E-state index contributed by atoms with van der Waals surface area (Å²) in [6.07, 6.45) is -1.19. The second kappa shape index (κ2) is 18.3. The largest absolute Gasteiger partial charge is 0.454 e. The van der Waals surface area contributed by atoms with Crippen LogP contribution in [0.3, 0.4) is 0 Å². The molecule has 0 aliphatic carbocycles. The minimum absolute atomic E-state index is 0.0192. The molecule has 16 nitrogen and oxygen atoms in total. The highest BCUT2D eigenvalue weighted by Crippen LogP contribution is 2.36. The molecule has 3 N–H and O–H groups in total. The Labute approximate surface area is 315 Å². The number of carbonyl (C=O) groups is 2. The first-order chi connectivity index (χ1) is 26.0. The van der Waals surface area contributed by atoms with E-state index < -0.39 is 58.3 Å². The lowest BCUT2D eigenvalue weighted by Crippen LogP contribution is -2.52. The maximum atomic E-state index is 14.4. The predicted octanol–water partition coefficient (Wildman–Crippen LogP) is 3.16. The van der Waals surface area contributed by atoms with Crippen LogP contribution in [0.4, 0.5) is 9.59 Å². The van der Waals surface area contributed by atoms with Crippen molar-refractivity contribution in [3.63, 3.8) is 0 Å². The molecule has 0 spiro atoms. The first-order valence-corrected chi connectivity index (χ1v) is 19.8. The number of sulfonamides is 1. The molecule has 3 fully saturated rings. The Kier molecular flexibility index (Phi) is 13.5. The van der Waals surface area contributed by atoms with Gasteiger partial charge in [0.1, 0.15) is 12.9 Å². The number of fused-ring (bicyclic) bond motifs is 2. The van der Waals surface area contributed by atoms with E-state index in [0.29, 0.717) is 50.3 Å². The summed E-state index contributed by atoms with van der Waals surface area (Å²) in [6, 6.07) is 12.8. The predicted molar refractivity (Wildman–Crippen MR) is 191 cm³/mol. The minimum atomic E-state index is -4.21. The number of nitrogens with zero attached hydrogens (tertiary/aromatic N) is 1. The molecule has 0 saturated carbocycles. The summed E-state index contributed by atoms with van der Waals surface area (Å²) in [7, 11) is -4.21. The summed E-state index contributed by atoms with van der Waals surface area (Å²) >= 11 is 0. The van der Waals surface area contributed by atoms with E-state index in [0.717, 1.165) is 5.56 Å². The molecule has 2 aromatic rings. The van der Waals surface area contributed by atoms with E-state index >= 15 is 0 Å². The number of amides is 2. The second-order valence-corrected chi connectivity index (χ2v) is 16.7. The van der Waals surface area contributed by atoms with E-state index in [2.05, 4.69) is 10.6 Å². The Hall–Kier alpha value is -3.71. The average Bonchev–Trinajstić information content (AvgIpc) is 3.91. The molecule has 5 atom stereocenters. The Balaban J connectivity index is 1.13. The third kappa shape index (κ3) is 10.7. The molecule has 4 heterocycles. The topological polar surface area (TPSA) is 190 Å². The zero-order chi connectivity index (χ0) is 38.1. The molecule has 0 aromatic heterocycles. The van der Waals surface area contributed by atoms with Crippen molar-refractivity contribution >= 4 is 22.2 Å². The van der Waals surface area contributed by atoms with Crippen LogP contribution >= 0.6 is 0 Å². The molecule has 0 bridgehead atoms. The highest BCUT2D eigenvalue weighted by Gasteiger charge is 2.44. The van der Waals surface area contributed by atoms with Crippen molar-refractivity contribution in [3.8, 4) is 11.5 Å². The van der Waals surface area contributed by atoms with Crippen LogP contribution in [0.5, 0.6) is 11.5 Å². The highest BCUT2D eigenvalue weighted by atomic mass is 32.2. The van der Waals surface area contributed by atoms with Crippen LogP contribution in [0.1, 0.15) is 45.1 Å². The van der Waals surface area contributed by atoms with E-state index in [1.807, 2.05) is 44.2 Å². The molecular weight excluding hydrogens is 726 g/mol. The number of aliphatic hydroxyl groups excluding tert-OH is 1. The lowest BCUT2D eigenvalue weighted by Gasteiger charge is -2.35. The SMILES string of the molecule is CC(C)(CCCCNC(=O)OC1COCOC1)CN(C[C@@H](O)[C@H](Cc1ccccc1)NC(=O)O[C@H]1CO[C@H]2OCC[C@H]21)S(=O)(=O)c1ccc2c(c1)OCO2. The van der Waals surface area contributed by atoms with E-state index in [9.17, 15) is 23.1 Å². The number of aliphatic hydroxyl groups is 1. The van der Waals surface area contributed by atoms with Gasteiger partial charge in [0, 0.05) is 25.7 Å². The summed E-state index contributed by atoms with van der Waals surface area (Å²) < 4.78 is 73.5. The molecule has 6 rings (SSSR count). The fourth-order valence-electron chi connectivity index (χ4n) is 6.99. The molecule has 54 heavy (non-hydrogen) atoms. The quantitative estimate of drug-likeness (QED) is 0.199. The van der Waals surface area contributed by atoms with Crippen LogP contribution in [-0.4, -0.2) is 120 Å². The van der Waals surface area contributed by atoms with E-state index in [4.69, 9.17) is 37.9 Å². The Morgan fingerprint density at radius 2 is 1.74 bits per heavy atom. The molecule has 4 aliphatic heterocycles. The molecule has 298 valence electrons. The van der Waals surface area contributed by atoms with Crippen molar-refractivity contribution in [2.45, 2.75) is 81.5 Å². The summed E-state index contributed by atoms with van der Waals surface area (Å²) in [5.41, 5.74) is 0.267. The van der Waals surface area contributed by atoms with Crippen molar-refractivity contribution in [2.24, 2.45) is 11.3 Å². The molecule has 2 amide bonds. The van der Waals surface area contributed by atoms with Crippen molar-refractivity contribution in [2.75, 3.05) is 59.6 Å². The van der Waals surface area contributed by atoms with Gasteiger partial charge < -0.3 is 53.6 Å². The summed E-state index contributed by atoms with van der Waals surface area (Å²) in [5, 5.41) is 17.4. The number of rotatable bonds is 17. The number of unbranched alkanes of at least 4 members (excludes halogenated alkanes) is 1. The van der Waals surface area contributed by atoms with E-state index in [1.54, 1.807) is 6.07 Å². The van der Waals surface area contributed by atoms with Gasteiger partial charge >= 0.3 is 12.2 Å². The number of hydrogen-bond donors (Lipinski definition) is 3. The van der Waals surface area contributed by atoms with E-state index in [1.165, 1.54) is 16.4 Å². The number of benzene rings is 2. The maximum Gasteiger partial charge on any atom is 0.407 e. The van der Waals surface area contributed by atoms with Crippen molar-refractivity contribution in [1.82, 2.24) is 14.9 Å². The second-order valence-electron chi connectivity index (χ2n) is 14.7. The molecule has 2 aromatic carbocycles. The first-order valence-electron chi connectivity index (χ1n) is 18.4. The highest BCUT2D eigenvalue weighted by molar-refractivity contribution is 7.89. The van der Waals surface area contributed by atoms with Crippen LogP contribution in [-0.2, 0) is 44.9 Å². The van der Waals surface area contributed by atoms with Gasteiger partial charge in [0.05, 0.1) is 49.4 Å². The number of alkyl carbamates (subject to hydrolysis) is 2. The molecule has 0 radical (unpaired) electrons. The van der Waals surface area contributed by atoms with Gasteiger partial charge in [-0.2, -0.15) is 4.31 Å². The fraction of sp³-hybridized carbons (Fsp3) is 0.622. The van der Waals surface area contributed by atoms with Gasteiger partial charge in [-0.3, -0.25) is 0 Å². The first kappa shape index (κ1) is 40.0. The Bertz CT molecular complexity index is 1660. The fourth-order valence-corrected chi connectivity index (χ4v) is 8.66. The average molecular weight is 778 g/mol. The van der Waals surface area contributed by atoms with Gasteiger partial charge in [0.15, 0.2) is 23.9 Å². The normalized spacial score (nSPS) is 22.4. The Morgan fingerprint density at radius 1 is 0.963 bits per heavy atom. The lowest BCUT2D eigenvalue weighted by molar-refractivity contribution is -0.151. The third-order valence-corrected chi connectivity index (χ3v) is 11.7. The zero-order valence-electron chi connectivity index (χ0n) is 30.7. The van der Waals surface area contributed by atoms with Crippen LogP contribution in [0.25, 0.3) is 0 Å². The van der Waals surface area contributed by atoms with Crippen molar-refractivity contribution in [3.05, 3.63) is 54.1 Å². The van der Waals surface area contributed by atoms with Gasteiger partial charge in [-0.05, 0) is 48.8 Å². The zero-order valence-corrected chi connectivity index (χ0v) is 31.5. The Morgan fingerprint density at radius 3 is 2.54 bits per heavy atom. The number of carbonyl (C=O) groups excluding carboxylic acids is 2. The smallest absolute Gasteiger partial charge is 0.407 e. The standard InChI is InChI=1S/C37H51N3O13S/c1-37(2,13-6-7-14-38-35(42)52-26-19-46-23-47-20-26)22-40(54(44,45)27-10-11-31-32(17-27)51-24-50-31)18-30(41)29(16-25-8-4-3-5-9-25)39-36(43)53-33-21-49-34-28(33)12-15-48-34/h3-5,8-11,17,26,28-30,33-34,41H,6-7,12-16,18-24H2,1-2H3,(H,38,42)(H,39,43)/t28-,29-,30+,33-,34+/m0/s1. The van der Waals surface area contributed by atoms with Crippen molar-refractivity contribution in [1.29, 1.82) is 0 Å². The number of ether oxygens (including phenoxy) is 8. The number of nitrogens with one attached hydrogen (secondary N) is 2. The number of hydrogen-bond acceptors (Lipinski definition) is 13. The van der Waals surface area contributed by atoms with Crippen molar-refractivity contribution < 1.29 is 61.0 Å².